The van der Waals surface area contributed by atoms with E-state index < -0.39 is 0 Å². The van der Waals surface area contributed by atoms with Crippen LogP contribution in [0.15, 0.2) is 69.5 Å². The Morgan fingerprint density at radius 1 is 1.03 bits per heavy atom. The molecule has 2 heterocycles. The Labute approximate surface area is 195 Å². The van der Waals surface area contributed by atoms with Crippen LogP contribution in [0.2, 0.25) is 0 Å². The van der Waals surface area contributed by atoms with E-state index in [-0.39, 0.29) is 11.7 Å². The fourth-order valence-corrected chi connectivity index (χ4v) is 5.31. The number of benzene rings is 2. The fraction of sp³-hybridized carbons (Fsp3) is 0.348. The highest BCUT2D eigenvalue weighted by atomic mass is 32.2. The van der Waals surface area contributed by atoms with Gasteiger partial charge in [-0.15, -0.1) is 10.2 Å². The van der Waals surface area contributed by atoms with Crippen LogP contribution in [0.25, 0.3) is 0 Å². The van der Waals surface area contributed by atoms with Gasteiger partial charge in [-0.25, -0.2) is 0 Å². The monoisotopic (exact) mass is 467 g/mol. The normalized spacial score (nSPS) is 16.2. The van der Waals surface area contributed by atoms with Crippen LogP contribution >= 0.6 is 23.5 Å². The van der Waals surface area contributed by atoms with Crippen molar-refractivity contribution in [2.24, 2.45) is 0 Å². The van der Waals surface area contributed by atoms with Crippen LogP contribution in [0.5, 0.6) is 0 Å². The first kappa shape index (κ1) is 21.4. The Morgan fingerprint density at radius 3 is 2.56 bits per heavy atom. The van der Waals surface area contributed by atoms with Crippen LogP contribution in [-0.4, -0.2) is 52.7 Å². The number of nitrogens with one attached hydrogen (secondary N) is 1. The molecule has 1 saturated carbocycles. The van der Waals surface area contributed by atoms with Crippen LogP contribution < -0.4 is 10.2 Å². The van der Waals surface area contributed by atoms with E-state index in [9.17, 15) is 4.79 Å². The van der Waals surface area contributed by atoms with Gasteiger partial charge in [0.25, 0.3) is 0 Å². The van der Waals surface area contributed by atoms with Gasteiger partial charge >= 0.3 is 0 Å². The smallest absolute Gasteiger partial charge is 0.234 e. The maximum atomic E-state index is 12.8. The van der Waals surface area contributed by atoms with Crippen molar-refractivity contribution < 1.29 is 9.53 Å². The molecule has 5 rings (SSSR count). The van der Waals surface area contributed by atoms with Crippen LogP contribution in [0, 0.1) is 0 Å². The highest BCUT2D eigenvalue weighted by molar-refractivity contribution is 8.00. The zero-order valence-corrected chi connectivity index (χ0v) is 19.3. The summed E-state index contributed by atoms with van der Waals surface area (Å²) in [6.45, 7) is 3.07. The summed E-state index contributed by atoms with van der Waals surface area (Å²) in [5.74, 6) is 1.15. The van der Waals surface area contributed by atoms with Crippen LogP contribution in [0.1, 0.15) is 18.9 Å². The molecule has 7 nitrogen and oxygen atoms in total. The first-order chi connectivity index (χ1) is 15.8. The van der Waals surface area contributed by atoms with Crippen molar-refractivity contribution in [3.8, 4) is 0 Å². The number of hydrogen-bond acceptors (Lipinski definition) is 7. The van der Waals surface area contributed by atoms with Gasteiger partial charge in [0.2, 0.25) is 11.9 Å². The number of rotatable bonds is 8. The minimum absolute atomic E-state index is 0.0469. The molecule has 166 valence electrons. The number of ether oxygens (including phenoxy) is 1. The minimum atomic E-state index is -0.0469. The molecule has 2 fully saturated rings. The third kappa shape index (κ3) is 5.11. The first-order valence-corrected chi connectivity index (χ1v) is 12.6. The minimum Gasteiger partial charge on any atom is -0.378 e. The van der Waals surface area contributed by atoms with E-state index in [2.05, 4.69) is 37.1 Å². The number of thioether (sulfide) groups is 1. The first-order valence-electron chi connectivity index (χ1n) is 10.8. The summed E-state index contributed by atoms with van der Waals surface area (Å²) in [7, 11) is 0. The van der Waals surface area contributed by atoms with Crippen molar-refractivity contribution >= 4 is 41.1 Å². The van der Waals surface area contributed by atoms with Gasteiger partial charge in [-0.2, -0.15) is 0 Å². The zero-order valence-electron chi connectivity index (χ0n) is 17.6. The van der Waals surface area contributed by atoms with Gasteiger partial charge in [-0.1, -0.05) is 53.9 Å². The number of carbonyl (C=O) groups excluding carboxylic acids is 1. The second kappa shape index (κ2) is 9.97. The molecule has 1 saturated heterocycles. The quantitative estimate of drug-likeness (QED) is 0.494. The van der Waals surface area contributed by atoms with Crippen molar-refractivity contribution in [1.82, 2.24) is 14.8 Å². The van der Waals surface area contributed by atoms with Crippen LogP contribution in [0.3, 0.4) is 0 Å². The molecule has 0 radical (unpaired) electrons. The van der Waals surface area contributed by atoms with Crippen molar-refractivity contribution in [1.29, 1.82) is 0 Å². The van der Waals surface area contributed by atoms with Gasteiger partial charge in [0, 0.05) is 28.9 Å². The van der Waals surface area contributed by atoms with E-state index >= 15 is 0 Å². The Bertz CT molecular complexity index is 1070. The maximum absolute atomic E-state index is 12.8. The second-order valence-electron chi connectivity index (χ2n) is 7.73. The molecule has 2 aromatic carbocycles. The maximum Gasteiger partial charge on any atom is 0.234 e. The predicted octanol–water partition coefficient (Wildman–Crippen LogP) is 4.33. The molecule has 3 aromatic rings. The molecule has 9 heteroatoms. The fourth-order valence-electron chi connectivity index (χ4n) is 3.59. The average Bonchev–Trinajstić information content (AvgIpc) is 3.59. The summed E-state index contributed by atoms with van der Waals surface area (Å²) in [6, 6.07) is 18.5. The largest absolute Gasteiger partial charge is 0.378 e. The second-order valence-corrected chi connectivity index (χ2v) is 9.79. The lowest BCUT2D eigenvalue weighted by atomic mass is 10.3. The lowest BCUT2D eigenvalue weighted by Crippen LogP contribution is -2.38. The summed E-state index contributed by atoms with van der Waals surface area (Å²) in [5.41, 5.74) is 0.824. The van der Waals surface area contributed by atoms with Crippen LogP contribution in [-0.2, 0) is 9.53 Å². The van der Waals surface area contributed by atoms with Gasteiger partial charge in [0.05, 0.1) is 24.7 Å². The molecule has 0 spiro atoms. The number of aromatic nitrogens is 3. The SMILES string of the molecule is O=C(CSc1nnc(N2CCOCC2)n1C1CC1)Nc1ccccc1Sc1ccccc1. The molecule has 0 atom stereocenters. The highest BCUT2D eigenvalue weighted by Gasteiger charge is 2.32. The third-order valence-corrected chi connectivity index (χ3v) is 7.34. The topological polar surface area (TPSA) is 72.3 Å². The Morgan fingerprint density at radius 2 is 1.78 bits per heavy atom. The summed E-state index contributed by atoms with van der Waals surface area (Å²) >= 11 is 3.09. The molecule has 1 N–H and O–H groups in total. The van der Waals surface area contributed by atoms with E-state index in [0.29, 0.717) is 19.3 Å². The van der Waals surface area contributed by atoms with Crippen molar-refractivity contribution in [2.45, 2.75) is 33.8 Å². The number of carbonyl (C=O) groups is 1. The number of nitrogens with zero attached hydrogens (tertiary/aromatic N) is 4. The number of morpholine rings is 1. The van der Waals surface area contributed by atoms with Crippen molar-refractivity contribution in [2.75, 3.05) is 42.3 Å². The van der Waals surface area contributed by atoms with E-state index in [0.717, 1.165) is 52.5 Å². The van der Waals surface area contributed by atoms with E-state index in [1.54, 1.807) is 11.8 Å². The molecule has 1 aliphatic heterocycles. The number of para-hydroxylation sites is 1. The van der Waals surface area contributed by atoms with E-state index in [1.807, 2.05) is 42.5 Å². The summed E-state index contributed by atoms with van der Waals surface area (Å²) in [6.07, 6.45) is 2.28. The standard InChI is InChI=1S/C23H25N5O2S2/c29-21(24-19-8-4-5-9-20(19)32-18-6-2-1-3-7-18)16-31-23-26-25-22(28(23)17-10-11-17)27-12-14-30-15-13-27/h1-9,17H,10-16H2,(H,24,29). The summed E-state index contributed by atoms with van der Waals surface area (Å²) in [5, 5.41) is 12.8. The summed E-state index contributed by atoms with van der Waals surface area (Å²) in [4.78, 5) is 17.2. The van der Waals surface area contributed by atoms with Crippen molar-refractivity contribution in [3.05, 3.63) is 54.6 Å². The molecule has 1 aliphatic carbocycles. The Balaban J connectivity index is 1.24. The molecule has 1 aromatic heterocycles. The number of anilines is 2. The average molecular weight is 468 g/mol. The Hall–Kier alpha value is -2.49. The van der Waals surface area contributed by atoms with Crippen molar-refractivity contribution in [3.63, 3.8) is 0 Å². The zero-order chi connectivity index (χ0) is 21.8. The number of hydrogen-bond donors (Lipinski definition) is 1. The molecular formula is C23H25N5O2S2. The van der Waals surface area contributed by atoms with E-state index in [1.165, 1.54) is 11.8 Å². The highest BCUT2D eigenvalue weighted by Crippen LogP contribution is 2.41. The summed E-state index contributed by atoms with van der Waals surface area (Å²) < 4.78 is 7.68. The predicted molar refractivity (Wildman–Crippen MR) is 128 cm³/mol. The third-order valence-electron chi connectivity index (χ3n) is 5.32. The molecule has 32 heavy (non-hydrogen) atoms. The molecular weight excluding hydrogens is 442 g/mol. The molecule has 2 aliphatic rings. The van der Waals surface area contributed by atoms with Gasteiger partial charge < -0.3 is 15.0 Å². The lowest BCUT2D eigenvalue weighted by Gasteiger charge is -2.27. The molecule has 1 amide bonds. The van der Waals surface area contributed by atoms with Gasteiger partial charge in [0.1, 0.15) is 0 Å². The lowest BCUT2D eigenvalue weighted by molar-refractivity contribution is -0.113. The van der Waals surface area contributed by atoms with Gasteiger partial charge in [0.15, 0.2) is 5.16 Å². The Kier molecular flexibility index (Phi) is 6.66. The van der Waals surface area contributed by atoms with Crippen LogP contribution in [0.4, 0.5) is 11.6 Å². The molecule has 0 unspecified atom stereocenters. The number of amides is 1. The van der Waals surface area contributed by atoms with Gasteiger partial charge in [-0.05, 0) is 37.1 Å². The molecule has 0 bridgehead atoms. The van der Waals surface area contributed by atoms with Gasteiger partial charge in [-0.3, -0.25) is 9.36 Å². The van der Waals surface area contributed by atoms with E-state index in [4.69, 9.17) is 4.74 Å².